The highest BCUT2D eigenvalue weighted by Crippen LogP contribution is 2.29. The van der Waals surface area contributed by atoms with Gasteiger partial charge in [-0.2, -0.15) is 8.78 Å². The van der Waals surface area contributed by atoms with Crippen LogP contribution in [0.1, 0.15) is 31.1 Å². The third-order valence-electron chi connectivity index (χ3n) is 3.74. The number of halogens is 2. The number of benzene rings is 1. The number of carbonyl (C=O) groups excluding carboxylic acids is 1. The smallest absolute Gasteiger partial charge is 0.387 e. The van der Waals surface area contributed by atoms with Crippen LogP contribution >= 0.6 is 0 Å². The molecule has 7 heteroatoms. The zero-order valence-electron chi connectivity index (χ0n) is 13.2. The summed E-state index contributed by atoms with van der Waals surface area (Å²) in [7, 11) is 1.31. The zero-order chi connectivity index (χ0) is 16.9. The lowest BCUT2D eigenvalue weighted by molar-refractivity contribution is -0.0512. The fraction of sp³-hybridized carbons (Fsp3) is 0.533. The Morgan fingerprint density at radius 2 is 2.00 bits per heavy atom. The van der Waals surface area contributed by atoms with E-state index in [9.17, 15) is 13.6 Å². The van der Waals surface area contributed by atoms with Crippen LogP contribution in [-0.2, 0) is 0 Å². The summed E-state index contributed by atoms with van der Waals surface area (Å²) in [6, 6.07) is 4.02. The van der Waals surface area contributed by atoms with Crippen molar-refractivity contribution in [1.82, 2.24) is 5.32 Å². The molecule has 0 radical (unpaired) electrons. The molecule has 0 aliphatic heterocycles. The molecule has 0 fully saturated rings. The van der Waals surface area contributed by atoms with E-state index in [4.69, 9.17) is 10.5 Å². The van der Waals surface area contributed by atoms with Crippen molar-refractivity contribution in [3.8, 4) is 11.5 Å². The van der Waals surface area contributed by atoms with Crippen LogP contribution in [0, 0.1) is 5.92 Å². The first-order valence-corrected chi connectivity index (χ1v) is 6.89. The second kappa shape index (κ2) is 7.40. The molecule has 0 bridgehead atoms. The molecule has 0 aromatic heterocycles. The monoisotopic (exact) mass is 316 g/mol. The number of hydrogen-bond acceptors (Lipinski definition) is 4. The average Bonchev–Trinajstić information content (AvgIpc) is 2.46. The largest absolute Gasteiger partial charge is 0.493 e. The second-order valence-electron chi connectivity index (χ2n) is 5.47. The fourth-order valence-electron chi connectivity index (χ4n) is 1.76. The Bertz CT molecular complexity index is 524. The predicted octanol–water partition coefficient (Wildman–Crippen LogP) is 2.40. The molecule has 1 aromatic carbocycles. The van der Waals surface area contributed by atoms with Crippen molar-refractivity contribution in [2.75, 3.05) is 13.7 Å². The third-order valence-corrected chi connectivity index (χ3v) is 3.74. The fourth-order valence-corrected chi connectivity index (χ4v) is 1.76. The first-order chi connectivity index (χ1) is 10.2. The minimum Gasteiger partial charge on any atom is -0.493 e. The van der Waals surface area contributed by atoms with E-state index in [0.29, 0.717) is 0 Å². The van der Waals surface area contributed by atoms with E-state index in [-0.39, 0.29) is 35.4 Å². The van der Waals surface area contributed by atoms with Gasteiger partial charge in [0, 0.05) is 12.1 Å². The van der Waals surface area contributed by atoms with Crippen molar-refractivity contribution in [1.29, 1.82) is 0 Å². The molecular weight excluding hydrogens is 294 g/mol. The summed E-state index contributed by atoms with van der Waals surface area (Å²) in [6.45, 7) is 3.07. The maximum absolute atomic E-state index is 12.3. The van der Waals surface area contributed by atoms with Gasteiger partial charge in [0.2, 0.25) is 0 Å². The van der Waals surface area contributed by atoms with Gasteiger partial charge in [-0.15, -0.1) is 0 Å². The molecule has 5 nitrogen and oxygen atoms in total. The van der Waals surface area contributed by atoms with Crippen molar-refractivity contribution >= 4 is 5.91 Å². The summed E-state index contributed by atoms with van der Waals surface area (Å²) in [5, 5.41) is 2.86. The number of ether oxygens (including phenoxy) is 2. The molecule has 0 saturated heterocycles. The van der Waals surface area contributed by atoms with Crippen LogP contribution < -0.4 is 20.5 Å². The summed E-state index contributed by atoms with van der Waals surface area (Å²) < 4.78 is 33.9. The van der Waals surface area contributed by atoms with Gasteiger partial charge in [-0.3, -0.25) is 4.79 Å². The molecule has 0 heterocycles. The van der Waals surface area contributed by atoms with Gasteiger partial charge in [-0.25, -0.2) is 0 Å². The van der Waals surface area contributed by atoms with Gasteiger partial charge in [0.1, 0.15) is 0 Å². The van der Waals surface area contributed by atoms with Crippen molar-refractivity contribution in [3.05, 3.63) is 23.8 Å². The zero-order valence-corrected chi connectivity index (χ0v) is 13.2. The van der Waals surface area contributed by atoms with Crippen molar-refractivity contribution in [3.63, 3.8) is 0 Å². The number of methoxy groups -OCH3 is 1. The molecule has 0 saturated carbocycles. The molecule has 0 aliphatic rings. The second-order valence-corrected chi connectivity index (χ2v) is 5.47. The Hall–Kier alpha value is -1.89. The quantitative estimate of drug-likeness (QED) is 0.810. The SMILES string of the molecule is COc1cc(C(=O)NC(C)(CN)C(C)C)ccc1OC(F)F. The number of rotatable bonds is 7. The molecule has 3 N–H and O–H groups in total. The lowest BCUT2D eigenvalue weighted by Crippen LogP contribution is -2.55. The number of nitrogens with one attached hydrogen (secondary N) is 1. The van der Waals surface area contributed by atoms with Crippen LogP contribution in [0.15, 0.2) is 18.2 Å². The van der Waals surface area contributed by atoms with Gasteiger partial charge in [-0.1, -0.05) is 13.8 Å². The van der Waals surface area contributed by atoms with Crippen LogP contribution in [0.3, 0.4) is 0 Å². The third kappa shape index (κ3) is 4.30. The molecular formula is C15H22F2N2O3. The van der Waals surface area contributed by atoms with E-state index in [1.54, 1.807) is 0 Å². The average molecular weight is 316 g/mol. The Kier molecular flexibility index (Phi) is 6.11. The Morgan fingerprint density at radius 3 is 2.45 bits per heavy atom. The normalized spacial score (nSPS) is 13.9. The van der Waals surface area contributed by atoms with Crippen molar-refractivity contribution in [2.24, 2.45) is 11.7 Å². The van der Waals surface area contributed by atoms with E-state index in [1.165, 1.54) is 25.3 Å². The minimum atomic E-state index is -2.96. The molecule has 0 spiro atoms. The van der Waals surface area contributed by atoms with E-state index < -0.39 is 12.2 Å². The minimum absolute atomic E-state index is 0.0620. The van der Waals surface area contributed by atoms with Crippen LogP contribution in [0.2, 0.25) is 0 Å². The molecule has 1 unspecified atom stereocenters. The standard InChI is InChI=1S/C15H22F2N2O3/c1-9(2)15(3,8-18)19-13(20)10-5-6-11(22-14(16)17)12(7-10)21-4/h5-7,9,14H,8,18H2,1-4H3,(H,19,20). The molecule has 1 amide bonds. The van der Waals surface area contributed by atoms with E-state index in [2.05, 4.69) is 10.1 Å². The highest BCUT2D eigenvalue weighted by atomic mass is 19.3. The maximum atomic E-state index is 12.3. The van der Waals surface area contributed by atoms with Gasteiger partial charge in [-0.05, 0) is 31.0 Å². The number of nitrogens with two attached hydrogens (primary N) is 1. The Balaban J connectivity index is 3.00. The summed E-state index contributed by atoms with van der Waals surface area (Å²) in [6.07, 6.45) is 0. The molecule has 1 atom stereocenters. The van der Waals surface area contributed by atoms with Crippen molar-refractivity contribution in [2.45, 2.75) is 32.9 Å². The van der Waals surface area contributed by atoms with Crippen molar-refractivity contribution < 1.29 is 23.0 Å². The first kappa shape index (κ1) is 18.2. The Morgan fingerprint density at radius 1 is 1.36 bits per heavy atom. The van der Waals surface area contributed by atoms with Gasteiger partial charge in [0.25, 0.3) is 5.91 Å². The number of alkyl halides is 2. The number of carbonyl (C=O) groups is 1. The topological polar surface area (TPSA) is 73.6 Å². The van der Waals surface area contributed by atoms with Crippen LogP contribution in [0.4, 0.5) is 8.78 Å². The molecule has 0 aliphatic carbocycles. The summed E-state index contributed by atoms with van der Waals surface area (Å²) >= 11 is 0. The molecule has 1 rings (SSSR count). The van der Waals surface area contributed by atoms with Gasteiger partial charge < -0.3 is 20.5 Å². The summed E-state index contributed by atoms with van der Waals surface area (Å²) in [4.78, 5) is 12.3. The molecule has 22 heavy (non-hydrogen) atoms. The van der Waals surface area contributed by atoms with Gasteiger partial charge in [0.15, 0.2) is 11.5 Å². The first-order valence-electron chi connectivity index (χ1n) is 6.89. The van der Waals surface area contributed by atoms with E-state index >= 15 is 0 Å². The molecule has 124 valence electrons. The van der Waals surface area contributed by atoms with E-state index in [1.807, 2.05) is 20.8 Å². The molecule has 1 aromatic rings. The number of amides is 1. The van der Waals surface area contributed by atoms with Gasteiger partial charge >= 0.3 is 6.61 Å². The van der Waals surface area contributed by atoms with Crippen LogP contribution in [0.25, 0.3) is 0 Å². The predicted molar refractivity (Wildman–Crippen MR) is 79.4 cm³/mol. The van der Waals surface area contributed by atoms with Crippen LogP contribution in [-0.4, -0.2) is 31.7 Å². The Labute approximate surface area is 128 Å². The van der Waals surface area contributed by atoms with Gasteiger partial charge in [0.05, 0.1) is 12.6 Å². The van der Waals surface area contributed by atoms with E-state index in [0.717, 1.165) is 0 Å². The maximum Gasteiger partial charge on any atom is 0.387 e. The highest BCUT2D eigenvalue weighted by Gasteiger charge is 2.29. The lowest BCUT2D eigenvalue weighted by Gasteiger charge is -2.33. The summed E-state index contributed by atoms with van der Waals surface area (Å²) in [5.41, 5.74) is 5.44. The highest BCUT2D eigenvalue weighted by molar-refractivity contribution is 5.95. The lowest BCUT2D eigenvalue weighted by atomic mass is 9.88. The van der Waals surface area contributed by atoms with Crippen LogP contribution in [0.5, 0.6) is 11.5 Å². The number of hydrogen-bond donors (Lipinski definition) is 2. The summed E-state index contributed by atoms with van der Waals surface area (Å²) in [5.74, 6) is -0.292.